The summed E-state index contributed by atoms with van der Waals surface area (Å²) in [6.45, 7) is 8.35. The van der Waals surface area contributed by atoms with E-state index in [9.17, 15) is 9.90 Å². The first-order chi connectivity index (χ1) is 9.49. The number of carboxylic acids is 1. The number of hydrogen-bond acceptors (Lipinski definition) is 2. The van der Waals surface area contributed by atoms with Gasteiger partial charge in [-0.25, -0.2) is 0 Å². The van der Waals surface area contributed by atoms with E-state index < -0.39 is 5.97 Å². The molecule has 1 N–H and O–H groups in total. The number of rotatable bonds is 9. The molecule has 1 heterocycles. The summed E-state index contributed by atoms with van der Waals surface area (Å²) < 4.78 is 0. The van der Waals surface area contributed by atoms with E-state index in [0.717, 1.165) is 32.4 Å². The summed E-state index contributed by atoms with van der Waals surface area (Å²) >= 11 is 0. The van der Waals surface area contributed by atoms with E-state index in [-0.39, 0.29) is 11.5 Å². The summed E-state index contributed by atoms with van der Waals surface area (Å²) in [6.07, 6.45) is 11.2. The van der Waals surface area contributed by atoms with Crippen molar-refractivity contribution in [3.8, 4) is 0 Å². The molecule has 1 unspecified atom stereocenters. The van der Waals surface area contributed by atoms with Gasteiger partial charge in [-0.1, -0.05) is 59.3 Å². The lowest BCUT2D eigenvalue weighted by Gasteiger charge is -2.44. The number of aliphatic carboxylic acids is 1. The molecule has 1 rings (SSSR count). The summed E-state index contributed by atoms with van der Waals surface area (Å²) in [5, 5.41) is 9.50. The SMILES string of the molecule is CCCCCCCCCN1CCCC(C)(C)C1C(=O)O. The molecule has 1 aliphatic rings. The van der Waals surface area contributed by atoms with Crippen LogP contribution in [0.25, 0.3) is 0 Å². The number of unbranched alkanes of at least 4 members (excludes halogenated alkanes) is 6. The second kappa shape index (κ2) is 8.66. The van der Waals surface area contributed by atoms with Crippen molar-refractivity contribution in [2.24, 2.45) is 5.41 Å². The Kier molecular flexibility index (Phi) is 7.57. The largest absolute Gasteiger partial charge is 0.480 e. The fraction of sp³-hybridized carbons (Fsp3) is 0.941. The number of likely N-dealkylation sites (tertiary alicyclic amines) is 1. The van der Waals surface area contributed by atoms with E-state index in [0.29, 0.717) is 0 Å². The second-order valence-corrected chi connectivity index (χ2v) is 6.99. The van der Waals surface area contributed by atoms with E-state index in [1.54, 1.807) is 0 Å². The van der Waals surface area contributed by atoms with Gasteiger partial charge in [0.25, 0.3) is 0 Å². The van der Waals surface area contributed by atoms with Crippen LogP contribution in [0.3, 0.4) is 0 Å². The van der Waals surface area contributed by atoms with Crippen molar-refractivity contribution in [3.63, 3.8) is 0 Å². The van der Waals surface area contributed by atoms with Gasteiger partial charge in [0.15, 0.2) is 0 Å². The highest BCUT2D eigenvalue weighted by Gasteiger charge is 2.41. The van der Waals surface area contributed by atoms with Crippen molar-refractivity contribution in [1.29, 1.82) is 0 Å². The van der Waals surface area contributed by atoms with Crippen LogP contribution in [0.5, 0.6) is 0 Å². The van der Waals surface area contributed by atoms with Crippen LogP contribution >= 0.6 is 0 Å². The maximum Gasteiger partial charge on any atom is 0.321 e. The summed E-state index contributed by atoms with van der Waals surface area (Å²) in [5.74, 6) is -0.641. The predicted molar refractivity (Wildman–Crippen MR) is 84.0 cm³/mol. The highest BCUT2D eigenvalue weighted by molar-refractivity contribution is 5.74. The molecule has 1 atom stereocenters. The minimum atomic E-state index is -0.641. The molecule has 0 aliphatic carbocycles. The van der Waals surface area contributed by atoms with Gasteiger partial charge in [-0.2, -0.15) is 0 Å². The second-order valence-electron chi connectivity index (χ2n) is 6.99. The third kappa shape index (κ3) is 5.43. The van der Waals surface area contributed by atoms with E-state index in [4.69, 9.17) is 0 Å². The summed E-state index contributed by atoms with van der Waals surface area (Å²) in [7, 11) is 0. The van der Waals surface area contributed by atoms with Crippen LogP contribution in [-0.2, 0) is 4.79 Å². The van der Waals surface area contributed by atoms with Gasteiger partial charge >= 0.3 is 5.97 Å². The van der Waals surface area contributed by atoms with Crippen LogP contribution in [0, 0.1) is 5.41 Å². The first-order valence-electron chi connectivity index (χ1n) is 8.46. The van der Waals surface area contributed by atoms with Crippen LogP contribution in [0.1, 0.15) is 78.6 Å². The smallest absolute Gasteiger partial charge is 0.321 e. The fourth-order valence-electron chi connectivity index (χ4n) is 3.50. The first-order valence-corrected chi connectivity index (χ1v) is 8.46. The zero-order valence-corrected chi connectivity index (χ0v) is 13.7. The molecule has 0 saturated carbocycles. The molecule has 0 spiro atoms. The van der Waals surface area contributed by atoms with Crippen molar-refractivity contribution < 1.29 is 9.90 Å². The molecule has 20 heavy (non-hydrogen) atoms. The summed E-state index contributed by atoms with van der Waals surface area (Å²) in [5.41, 5.74) is -0.0921. The molecular formula is C17H33NO2. The Bertz CT molecular complexity index is 289. The van der Waals surface area contributed by atoms with Crippen LogP contribution in [-0.4, -0.2) is 35.1 Å². The third-order valence-corrected chi connectivity index (χ3v) is 4.65. The summed E-state index contributed by atoms with van der Waals surface area (Å²) in [4.78, 5) is 13.8. The van der Waals surface area contributed by atoms with Gasteiger partial charge in [-0.05, 0) is 37.8 Å². The summed E-state index contributed by atoms with van der Waals surface area (Å²) in [6, 6.07) is -0.295. The van der Waals surface area contributed by atoms with E-state index in [1.807, 2.05) is 0 Å². The van der Waals surface area contributed by atoms with Crippen LogP contribution in [0.4, 0.5) is 0 Å². The van der Waals surface area contributed by atoms with Gasteiger partial charge < -0.3 is 5.11 Å². The van der Waals surface area contributed by atoms with Crippen molar-refractivity contribution in [1.82, 2.24) is 4.90 Å². The van der Waals surface area contributed by atoms with Gasteiger partial charge in [-0.3, -0.25) is 9.69 Å². The van der Waals surface area contributed by atoms with E-state index in [1.165, 1.54) is 38.5 Å². The average molecular weight is 283 g/mol. The maximum atomic E-state index is 11.5. The van der Waals surface area contributed by atoms with E-state index >= 15 is 0 Å². The minimum Gasteiger partial charge on any atom is -0.480 e. The predicted octanol–water partition coefficient (Wildman–Crippen LogP) is 4.31. The van der Waals surface area contributed by atoms with Crippen molar-refractivity contribution >= 4 is 5.97 Å². The van der Waals surface area contributed by atoms with Crippen LogP contribution in [0.2, 0.25) is 0 Å². The Morgan fingerprint density at radius 3 is 2.35 bits per heavy atom. The van der Waals surface area contributed by atoms with Gasteiger partial charge in [0.05, 0.1) is 0 Å². The molecule has 1 saturated heterocycles. The molecule has 0 aromatic rings. The molecule has 1 aliphatic heterocycles. The minimum absolute atomic E-state index is 0.0921. The Labute approximate surface area is 124 Å². The lowest BCUT2D eigenvalue weighted by Crippen LogP contribution is -2.54. The average Bonchev–Trinajstić information content (AvgIpc) is 2.36. The van der Waals surface area contributed by atoms with Crippen LogP contribution in [0.15, 0.2) is 0 Å². The molecule has 3 heteroatoms. The molecule has 0 amide bonds. The number of nitrogens with zero attached hydrogens (tertiary/aromatic N) is 1. The number of piperidine rings is 1. The molecule has 0 aromatic carbocycles. The molecule has 118 valence electrons. The lowest BCUT2D eigenvalue weighted by atomic mass is 9.76. The molecule has 3 nitrogen and oxygen atoms in total. The monoisotopic (exact) mass is 283 g/mol. The highest BCUT2D eigenvalue weighted by Crippen LogP contribution is 2.35. The first kappa shape index (κ1) is 17.5. The number of carboxylic acid groups (broad SMARTS) is 1. The zero-order chi connectivity index (χ0) is 15.0. The zero-order valence-electron chi connectivity index (χ0n) is 13.7. The molecule has 0 bridgehead atoms. The normalized spacial score (nSPS) is 22.9. The van der Waals surface area contributed by atoms with Crippen molar-refractivity contribution in [3.05, 3.63) is 0 Å². The Morgan fingerprint density at radius 1 is 1.15 bits per heavy atom. The fourth-order valence-corrected chi connectivity index (χ4v) is 3.50. The lowest BCUT2D eigenvalue weighted by molar-refractivity contribution is -0.150. The van der Waals surface area contributed by atoms with E-state index in [2.05, 4.69) is 25.7 Å². The molecular weight excluding hydrogens is 250 g/mol. The van der Waals surface area contributed by atoms with Gasteiger partial charge in [-0.15, -0.1) is 0 Å². The number of hydrogen-bond donors (Lipinski definition) is 1. The standard InChI is InChI=1S/C17H33NO2/c1-4-5-6-7-8-9-10-13-18-14-11-12-17(2,3)15(18)16(19)20/h15H,4-14H2,1-3H3,(H,19,20). The Morgan fingerprint density at radius 2 is 1.75 bits per heavy atom. The Balaban J connectivity index is 2.28. The topological polar surface area (TPSA) is 40.5 Å². The van der Waals surface area contributed by atoms with Gasteiger partial charge in [0.1, 0.15) is 6.04 Å². The van der Waals surface area contributed by atoms with Crippen molar-refractivity contribution in [2.45, 2.75) is 84.6 Å². The highest BCUT2D eigenvalue weighted by atomic mass is 16.4. The van der Waals surface area contributed by atoms with Crippen molar-refractivity contribution in [2.75, 3.05) is 13.1 Å². The maximum absolute atomic E-state index is 11.5. The quantitative estimate of drug-likeness (QED) is 0.641. The molecule has 0 aromatic heterocycles. The Hall–Kier alpha value is -0.570. The molecule has 1 fully saturated rings. The molecule has 0 radical (unpaired) electrons. The number of carbonyl (C=O) groups is 1. The van der Waals surface area contributed by atoms with Gasteiger partial charge in [0, 0.05) is 0 Å². The third-order valence-electron chi connectivity index (χ3n) is 4.65. The van der Waals surface area contributed by atoms with Gasteiger partial charge in [0.2, 0.25) is 0 Å². The van der Waals surface area contributed by atoms with Crippen LogP contribution < -0.4 is 0 Å².